The highest BCUT2D eigenvalue weighted by atomic mass is 32.2. The predicted molar refractivity (Wildman–Crippen MR) is 45.2 cm³/mol. The summed E-state index contributed by atoms with van der Waals surface area (Å²) in [5, 5.41) is -3.80. The first kappa shape index (κ1) is 10.1. The first-order valence-electron chi connectivity index (χ1n) is 3.48. The maximum Gasteiger partial charge on any atom is 0.370 e. The molecule has 1 aromatic rings. The predicted octanol–water partition coefficient (Wildman–Crippen LogP) is 1.78. The molecule has 0 bridgehead atoms. The van der Waals surface area contributed by atoms with E-state index in [1.807, 2.05) is 0 Å². The monoisotopic (exact) mass is 206 g/mol. The fourth-order valence-electron chi connectivity index (χ4n) is 0.846. The Kier molecular flexibility index (Phi) is 2.38. The van der Waals surface area contributed by atoms with Gasteiger partial charge in [0.15, 0.2) is 0 Å². The molecule has 0 N–H and O–H groups in total. The lowest BCUT2D eigenvalue weighted by atomic mass is 10.2. The second-order valence-electron chi connectivity index (χ2n) is 2.65. The Morgan fingerprint density at radius 3 is 2.00 bits per heavy atom. The van der Waals surface area contributed by atoms with Crippen molar-refractivity contribution in [3.8, 4) is 0 Å². The van der Waals surface area contributed by atoms with Crippen LogP contribution in [-0.4, -0.2) is 14.7 Å². The Morgan fingerprint density at radius 2 is 1.62 bits per heavy atom. The fourth-order valence-corrected chi connectivity index (χ4v) is 1.41. The van der Waals surface area contributed by atoms with Gasteiger partial charge in [0.25, 0.3) is 0 Å². The van der Waals surface area contributed by atoms with Crippen LogP contribution in [0.15, 0.2) is 30.3 Å². The fraction of sp³-hybridized carbons (Fsp3) is 0.250. The number of benzene rings is 1. The Bertz CT molecular complexity index is 384. The molecule has 0 heterocycles. The molecule has 72 valence electrons. The summed E-state index contributed by atoms with van der Waals surface area (Å²) in [6.45, 7) is 0. The van der Waals surface area contributed by atoms with Gasteiger partial charge < -0.3 is 0 Å². The van der Waals surface area contributed by atoms with Crippen molar-refractivity contribution >= 4 is 9.84 Å². The number of hydrogen-bond donors (Lipinski definition) is 0. The number of halogens is 2. The van der Waals surface area contributed by atoms with Crippen LogP contribution in [0.4, 0.5) is 8.78 Å². The molecular weight excluding hydrogens is 198 g/mol. The average Bonchev–Trinajstić information content (AvgIpc) is 2.04. The van der Waals surface area contributed by atoms with Crippen LogP contribution >= 0.6 is 0 Å². The number of alkyl halides is 2. The zero-order chi connectivity index (χ0) is 10.1. The Hall–Kier alpha value is -0.970. The number of sulfone groups is 1. The SMILES string of the molecule is CS(=O)(=O)C(F)(F)c1ccccc1. The summed E-state index contributed by atoms with van der Waals surface area (Å²) in [7, 11) is -4.39. The number of rotatable bonds is 2. The minimum Gasteiger partial charge on any atom is -0.222 e. The highest BCUT2D eigenvalue weighted by Gasteiger charge is 2.42. The Labute approximate surface area is 75.1 Å². The van der Waals surface area contributed by atoms with Gasteiger partial charge in [-0.2, -0.15) is 8.78 Å². The van der Waals surface area contributed by atoms with Gasteiger partial charge in [0, 0.05) is 11.8 Å². The third kappa shape index (κ3) is 1.85. The molecule has 0 aromatic heterocycles. The van der Waals surface area contributed by atoms with Gasteiger partial charge in [0.2, 0.25) is 9.84 Å². The molecule has 0 radical (unpaired) electrons. The van der Waals surface area contributed by atoms with Gasteiger partial charge in [0.1, 0.15) is 0 Å². The van der Waals surface area contributed by atoms with Crippen LogP contribution in [0, 0.1) is 0 Å². The Morgan fingerprint density at radius 1 is 1.15 bits per heavy atom. The molecule has 0 saturated heterocycles. The first-order chi connectivity index (χ1) is 5.86. The van der Waals surface area contributed by atoms with Gasteiger partial charge in [-0.15, -0.1) is 0 Å². The van der Waals surface area contributed by atoms with Crippen molar-refractivity contribution < 1.29 is 17.2 Å². The van der Waals surface area contributed by atoms with Crippen molar-refractivity contribution in [1.29, 1.82) is 0 Å². The molecule has 0 aliphatic rings. The van der Waals surface area contributed by atoms with E-state index in [2.05, 4.69) is 0 Å². The largest absolute Gasteiger partial charge is 0.370 e. The van der Waals surface area contributed by atoms with Gasteiger partial charge in [-0.1, -0.05) is 30.3 Å². The second-order valence-corrected chi connectivity index (χ2v) is 4.71. The molecule has 0 fully saturated rings. The molecule has 2 nitrogen and oxygen atoms in total. The summed E-state index contributed by atoms with van der Waals surface area (Å²) in [6, 6.07) is 6.45. The molecule has 13 heavy (non-hydrogen) atoms. The van der Waals surface area contributed by atoms with Crippen LogP contribution in [0.5, 0.6) is 0 Å². The highest BCUT2D eigenvalue weighted by Crippen LogP contribution is 2.32. The smallest absolute Gasteiger partial charge is 0.222 e. The number of hydrogen-bond acceptors (Lipinski definition) is 2. The summed E-state index contributed by atoms with van der Waals surface area (Å²) in [4.78, 5) is 0. The van der Waals surface area contributed by atoms with Crippen LogP contribution in [0.3, 0.4) is 0 Å². The third-order valence-electron chi connectivity index (χ3n) is 1.58. The molecule has 0 aliphatic heterocycles. The summed E-state index contributed by atoms with van der Waals surface area (Å²) < 4.78 is 47.6. The van der Waals surface area contributed by atoms with Crippen LogP contribution in [0.1, 0.15) is 5.56 Å². The first-order valence-corrected chi connectivity index (χ1v) is 5.38. The van der Waals surface area contributed by atoms with Crippen molar-refractivity contribution in [3.63, 3.8) is 0 Å². The lowest BCUT2D eigenvalue weighted by Gasteiger charge is -2.13. The van der Waals surface area contributed by atoms with Crippen molar-refractivity contribution in [2.45, 2.75) is 5.25 Å². The molecule has 1 aromatic carbocycles. The standard InChI is InChI=1S/C8H8F2O2S/c1-13(11,12)8(9,10)7-5-3-2-4-6-7/h2-6H,1H3. The van der Waals surface area contributed by atoms with Crippen molar-refractivity contribution in [2.24, 2.45) is 0 Å². The van der Waals surface area contributed by atoms with Gasteiger partial charge in [-0.3, -0.25) is 0 Å². The Balaban J connectivity index is 3.24. The lowest BCUT2D eigenvalue weighted by Crippen LogP contribution is -2.24. The van der Waals surface area contributed by atoms with Gasteiger partial charge in [-0.25, -0.2) is 8.42 Å². The van der Waals surface area contributed by atoms with Gasteiger partial charge in [0.05, 0.1) is 0 Å². The van der Waals surface area contributed by atoms with E-state index in [0.717, 1.165) is 12.1 Å². The van der Waals surface area contributed by atoms with E-state index in [1.54, 1.807) is 6.07 Å². The molecule has 0 aliphatic carbocycles. The van der Waals surface area contributed by atoms with E-state index >= 15 is 0 Å². The third-order valence-corrected chi connectivity index (χ3v) is 2.74. The average molecular weight is 206 g/mol. The topological polar surface area (TPSA) is 34.1 Å². The van der Waals surface area contributed by atoms with E-state index in [0.29, 0.717) is 6.26 Å². The van der Waals surface area contributed by atoms with Gasteiger partial charge >= 0.3 is 5.25 Å². The van der Waals surface area contributed by atoms with E-state index in [4.69, 9.17) is 0 Å². The minimum absolute atomic E-state index is 0.502. The zero-order valence-corrected chi connectivity index (χ0v) is 7.68. The van der Waals surface area contributed by atoms with E-state index in [-0.39, 0.29) is 0 Å². The van der Waals surface area contributed by atoms with Crippen molar-refractivity contribution in [3.05, 3.63) is 35.9 Å². The summed E-state index contributed by atoms with van der Waals surface area (Å²) in [6.07, 6.45) is 0.514. The molecule has 5 heteroatoms. The van der Waals surface area contributed by atoms with Gasteiger partial charge in [-0.05, 0) is 0 Å². The summed E-state index contributed by atoms with van der Waals surface area (Å²) in [5.41, 5.74) is -0.502. The van der Waals surface area contributed by atoms with E-state index < -0.39 is 20.7 Å². The van der Waals surface area contributed by atoms with E-state index in [9.17, 15) is 17.2 Å². The molecule has 1 rings (SSSR count). The quantitative estimate of drug-likeness (QED) is 0.739. The van der Waals surface area contributed by atoms with Crippen LogP contribution in [0.2, 0.25) is 0 Å². The summed E-state index contributed by atoms with van der Waals surface area (Å²) in [5.74, 6) is 0. The zero-order valence-electron chi connectivity index (χ0n) is 6.87. The molecule has 0 spiro atoms. The normalized spacial score (nSPS) is 12.8. The minimum atomic E-state index is -4.39. The molecule has 0 saturated carbocycles. The van der Waals surface area contributed by atoms with Crippen molar-refractivity contribution in [1.82, 2.24) is 0 Å². The highest BCUT2D eigenvalue weighted by molar-refractivity contribution is 7.91. The lowest BCUT2D eigenvalue weighted by molar-refractivity contribution is 0.0915. The molecule has 0 amide bonds. The van der Waals surface area contributed by atoms with E-state index in [1.165, 1.54) is 12.1 Å². The van der Waals surface area contributed by atoms with Crippen LogP contribution in [0.25, 0.3) is 0 Å². The molecule has 0 atom stereocenters. The molecule has 0 unspecified atom stereocenters. The molecular formula is C8H8F2O2S. The maximum atomic E-state index is 13.1. The van der Waals surface area contributed by atoms with Crippen molar-refractivity contribution in [2.75, 3.05) is 6.26 Å². The van der Waals surface area contributed by atoms with Crippen LogP contribution < -0.4 is 0 Å². The second kappa shape index (κ2) is 3.06. The van der Waals surface area contributed by atoms with Crippen LogP contribution in [-0.2, 0) is 15.1 Å². The summed E-state index contributed by atoms with van der Waals surface area (Å²) >= 11 is 0. The maximum absolute atomic E-state index is 13.1.